The molecule has 4 nitrogen and oxygen atoms in total. The lowest BCUT2D eigenvalue weighted by molar-refractivity contribution is -0.123. The number of para-hydroxylation sites is 1. The number of hydrogen-bond donors (Lipinski definition) is 1. The minimum absolute atomic E-state index is 0.0206. The average molecular weight is 290 g/mol. The van der Waals surface area contributed by atoms with Crippen LogP contribution >= 0.6 is 11.3 Å². The Morgan fingerprint density at radius 1 is 1.45 bits per heavy atom. The summed E-state index contributed by atoms with van der Waals surface area (Å²) in [7, 11) is 0. The van der Waals surface area contributed by atoms with Crippen LogP contribution in [0.2, 0.25) is 0 Å². The van der Waals surface area contributed by atoms with Crippen molar-refractivity contribution in [2.45, 2.75) is 26.3 Å². The highest BCUT2D eigenvalue weighted by molar-refractivity contribution is 7.13. The zero-order valence-electron chi connectivity index (χ0n) is 11.6. The lowest BCUT2D eigenvalue weighted by Gasteiger charge is -2.13. The van der Waals surface area contributed by atoms with E-state index in [0.29, 0.717) is 5.75 Å². The molecule has 0 spiro atoms. The zero-order chi connectivity index (χ0) is 14.4. The molecule has 0 aliphatic rings. The van der Waals surface area contributed by atoms with Gasteiger partial charge in [0, 0.05) is 17.6 Å². The number of aromatic nitrogens is 1. The lowest BCUT2D eigenvalue weighted by atomic mass is 10.2. The summed E-state index contributed by atoms with van der Waals surface area (Å²) in [5.74, 6) is 0.579. The minimum Gasteiger partial charge on any atom is -0.483 e. The maximum atomic E-state index is 11.7. The van der Waals surface area contributed by atoms with E-state index in [4.69, 9.17) is 4.74 Å². The van der Waals surface area contributed by atoms with Gasteiger partial charge in [-0.3, -0.25) is 4.79 Å². The number of benzene rings is 1. The molecule has 2 rings (SSSR count). The first-order valence-electron chi connectivity index (χ1n) is 6.61. The first-order chi connectivity index (χ1) is 9.70. The number of thiazole rings is 1. The Morgan fingerprint density at radius 3 is 2.95 bits per heavy atom. The van der Waals surface area contributed by atoms with Gasteiger partial charge in [-0.25, -0.2) is 4.98 Å². The van der Waals surface area contributed by atoms with E-state index in [-0.39, 0.29) is 18.6 Å². The number of amides is 1. The van der Waals surface area contributed by atoms with E-state index < -0.39 is 0 Å². The van der Waals surface area contributed by atoms with Crippen LogP contribution in [-0.2, 0) is 4.79 Å². The Bertz CT molecular complexity index is 555. The predicted molar refractivity (Wildman–Crippen MR) is 80.9 cm³/mol. The molecule has 0 aliphatic heterocycles. The topological polar surface area (TPSA) is 51.2 Å². The standard InChI is InChI=1S/C15H18N2O2S/c1-3-11(2)17-14(18)10-19-13-7-5-4-6-12(13)15-16-8-9-20-15/h4-9,11H,3,10H2,1-2H3,(H,17,18)/t11-/m0/s1. The first-order valence-corrected chi connectivity index (χ1v) is 7.49. The smallest absolute Gasteiger partial charge is 0.258 e. The van der Waals surface area contributed by atoms with Crippen LogP contribution in [0.4, 0.5) is 0 Å². The van der Waals surface area contributed by atoms with Gasteiger partial charge in [0.2, 0.25) is 0 Å². The summed E-state index contributed by atoms with van der Waals surface area (Å²) in [6, 6.07) is 7.79. The van der Waals surface area contributed by atoms with Gasteiger partial charge in [-0.15, -0.1) is 11.3 Å². The Morgan fingerprint density at radius 2 is 2.25 bits per heavy atom. The van der Waals surface area contributed by atoms with Crippen molar-refractivity contribution in [2.75, 3.05) is 6.61 Å². The Kier molecular flexibility index (Phi) is 5.12. The zero-order valence-corrected chi connectivity index (χ0v) is 12.4. The molecule has 0 fully saturated rings. The van der Waals surface area contributed by atoms with Crippen molar-refractivity contribution in [2.24, 2.45) is 0 Å². The number of hydrogen-bond acceptors (Lipinski definition) is 4. The third kappa shape index (κ3) is 3.81. The van der Waals surface area contributed by atoms with Crippen molar-refractivity contribution >= 4 is 17.2 Å². The molecule has 1 N–H and O–H groups in total. The molecular weight excluding hydrogens is 272 g/mol. The maximum Gasteiger partial charge on any atom is 0.258 e. The molecule has 1 aromatic heterocycles. The van der Waals surface area contributed by atoms with Gasteiger partial charge in [-0.2, -0.15) is 0 Å². The van der Waals surface area contributed by atoms with Crippen LogP contribution < -0.4 is 10.1 Å². The van der Waals surface area contributed by atoms with Crippen molar-refractivity contribution in [3.63, 3.8) is 0 Å². The van der Waals surface area contributed by atoms with Gasteiger partial charge in [0.05, 0.1) is 5.56 Å². The van der Waals surface area contributed by atoms with Crippen molar-refractivity contribution in [3.05, 3.63) is 35.8 Å². The SMILES string of the molecule is CC[C@H](C)NC(=O)COc1ccccc1-c1nccs1. The summed E-state index contributed by atoms with van der Waals surface area (Å²) >= 11 is 1.55. The van der Waals surface area contributed by atoms with Gasteiger partial charge in [0.15, 0.2) is 6.61 Å². The summed E-state index contributed by atoms with van der Waals surface area (Å²) in [5.41, 5.74) is 0.916. The van der Waals surface area contributed by atoms with Crippen molar-refractivity contribution < 1.29 is 9.53 Å². The summed E-state index contributed by atoms with van der Waals surface area (Å²) in [6.07, 6.45) is 2.66. The summed E-state index contributed by atoms with van der Waals surface area (Å²) in [4.78, 5) is 16.0. The van der Waals surface area contributed by atoms with Crippen molar-refractivity contribution in [1.82, 2.24) is 10.3 Å². The van der Waals surface area contributed by atoms with E-state index >= 15 is 0 Å². The monoisotopic (exact) mass is 290 g/mol. The molecule has 106 valence electrons. The molecular formula is C15H18N2O2S. The molecule has 1 aromatic carbocycles. The minimum atomic E-state index is -0.103. The molecule has 1 heterocycles. The third-order valence-corrected chi connectivity index (χ3v) is 3.73. The van der Waals surface area contributed by atoms with E-state index in [1.165, 1.54) is 0 Å². The highest BCUT2D eigenvalue weighted by Crippen LogP contribution is 2.30. The first kappa shape index (κ1) is 14.5. The summed E-state index contributed by atoms with van der Waals surface area (Å²) < 4.78 is 5.62. The van der Waals surface area contributed by atoms with Crippen LogP contribution in [0.5, 0.6) is 5.75 Å². The Hall–Kier alpha value is -1.88. The van der Waals surface area contributed by atoms with Crippen LogP contribution in [0.25, 0.3) is 10.6 Å². The normalized spacial score (nSPS) is 11.9. The molecule has 0 radical (unpaired) electrons. The Balaban J connectivity index is 2.02. The van der Waals surface area contributed by atoms with Crippen LogP contribution in [0, 0.1) is 0 Å². The second-order valence-electron chi connectivity index (χ2n) is 4.50. The van der Waals surface area contributed by atoms with E-state index in [0.717, 1.165) is 17.0 Å². The van der Waals surface area contributed by atoms with Crippen LogP contribution in [-0.4, -0.2) is 23.5 Å². The number of rotatable bonds is 6. The lowest BCUT2D eigenvalue weighted by Crippen LogP contribution is -2.35. The van der Waals surface area contributed by atoms with Gasteiger partial charge in [0.1, 0.15) is 10.8 Å². The highest BCUT2D eigenvalue weighted by atomic mass is 32.1. The van der Waals surface area contributed by atoms with Gasteiger partial charge in [-0.05, 0) is 25.5 Å². The third-order valence-electron chi connectivity index (χ3n) is 2.93. The summed E-state index contributed by atoms with van der Waals surface area (Å²) in [6.45, 7) is 4.03. The molecule has 0 unspecified atom stereocenters. The molecule has 1 amide bonds. The fourth-order valence-electron chi connectivity index (χ4n) is 1.69. The van der Waals surface area contributed by atoms with Crippen LogP contribution in [0.15, 0.2) is 35.8 Å². The van der Waals surface area contributed by atoms with Crippen molar-refractivity contribution in [3.8, 4) is 16.3 Å². The molecule has 2 aromatic rings. The number of nitrogens with one attached hydrogen (secondary N) is 1. The number of carbonyl (C=O) groups is 1. The average Bonchev–Trinajstić information content (AvgIpc) is 2.99. The van der Waals surface area contributed by atoms with E-state index in [9.17, 15) is 4.79 Å². The molecule has 0 bridgehead atoms. The van der Waals surface area contributed by atoms with E-state index in [2.05, 4.69) is 10.3 Å². The fourth-order valence-corrected chi connectivity index (χ4v) is 2.36. The molecule has 20 heavy (non-hydrogen) atoms. The Labute approximate surface area is 122 Å². The number of carbonyl (C=O) groups excluding carboxylic acids is 1. The van der Waals surface area contributed by atoms with E-state index in [1.54, 1.807) is 17.5 Å². The molecule has 0 saturated carbocycles. The molecule has 1 atom stereocenters. The molecule has 0 saturated heterocycles. The second kappa shape index (κ2) is 7.05. The van der Waals surface area contributed by atoms with E-state index in [1.807, 2.05) is 43.5 Å². The van der Waals surface area contributed by atoms with Gasteiger partial charge >= 0.3 is 0 Å². The predicted octanol–water partition coefficient (Wildman–Crippen LogP) is 3.10. The van der Waals surface area contributed by atoms with Gasteiger partial charge in [0.25, 0.3) is 5.91 Å². The van der Waals surface area contributed by atoms with Crippen LogP contribution in [0.1, 0.15) is 20.3 Å². The number of nitrogens with zero attached hydrogens (tertiary/aromatic N) is 1. The van der Waals surface area contributed by atoms with Gasteiger partial charge in [-0.1, -0.05) is 19.1 Å². The van der Waals surface area contributed by atoms with Gasteiger partial charge < -0.3 is 10.1 Å². The second-order valence-corrected chi connectivity index (χ2v) is 5.39. The molecule has 0 aliphatic carbocycles. The summed E-state index contributed by atoms with van der Waals surface area (Å²) in [5, 5.41) is 5.69. The maximum absolute atomic E-state index is 11.7. The van der Waals surface area contributed by atoms with Crippen molar-refractivity contribution in [1.29, 1.82) is 0 Å². The fraction of sp³-hybridized carbons (Fsp3) is 0.333. The largest absolute Gasteiger partial charge is 0.483 e. The highest BCUT2D eigenvalue weighted by Gasteiger charge is 2.11. The quantitative estimate of drug-likeness (QED) is 0.889. The molecule has 5 heteroatoms. The van der Waals surface area contributed by atoms with Crippen LogP contribution in [0.3, 0.4) is 0 Å². The number of ether oxygens (including phenoxy) is 1.